The van der Waals surface area contributed by atoms with Crippen LogP contribution in [0, 0.1) is 5.21 Å². The lowest BCUT2D eigenvalue weighted by atomic mass is 9.90. The summed E-state index contributed by atoms with van der Waals surface area (Å²) in [5.41, 5.74) is 5.03. The highest BCUT2D eigenvalue weighted by Gasteiger charge is 2.25. The van der Waals surface area contributed by atoms with Gasteiger partial charge in [-0.1, -0.05) is 123 Å². The second-order valence-corrected chi connectivity index (χ2v) is 11.7. The number of phenols is 1. The van der Waals surface area contributed by atoms with Crippen LogP contribution in [-0.4, -0.2) is 5.11 Å². The van der Waals surface area contributed by atoms with E-state index in [1.807, 2.05) is 0 Å². The van der Waals surface area contributed by atoms with Crippen LogP contribution < -0.4 is 10.2 Å². The topological polar surface area (TPSA) is 47.2 Å². The van der Waals surface area contributed by atoms with Gasteiger partial charge in [-0.3, -0.25) is 0 Å². The molecule has 1 aromatic carbocycles. The monoisotopic (exact) mass is 529 g/mol. The Bertz CT molecular complexity index is 911. The van der Waals surface area contributed by atoms with Gasteiger partial charge in [0, 0.05) is 5.56 Å². The summed E-state index contributed by atoms with van der Waals surface area (Å²) in [6, 6.07) is 3.83. The number of hydrogen-bond donors (Lipinski definition) is 1. The SMILES string of the molecule is CCCCCCCCc1c(CCCCCCCC)c2c(CCCCCCCC)ccc(O)c2[n+]([O-])c1P. The van der Waals surface area contributed by atoms with E-state index in [9.17, 15) is 10.3 Å². The quantitative estimate of drug-likeness (QED) is 0.0758. The summed E-state index contributed by atoms with van der Waals surface area (Å²) in [7, 11) is 2.73. The number of fused-ring (bicyclic) bond motifs is 1. The fourth-order valence-electron chi connectivity index (χ4n) is 5.74. The minimum atomic E-state index is 0.121. The molecule has 0 saturated heterocycles. The van der Waals surface area contributed by atoms with Crippen LogP contribution in [0.25, 0.3) is 10.9 Å². The van der Waals surface area contributed by atoms with Crippen molar-refractivity contribution < 1.29 is 9.84 Å². The van der Waals surface area contributed by atoms with E-state index in [0.717, 1.165) is 48.6 Å². The third-order valence-electron chi connectivity index (χ3n) is 8.00. The van der Waals surface area contributed by atoms with E-state index in [1.54, 1.807) is 6.07 Å². The molecule has 2 rings (SSSR count). The molecule has 1 N–H and O–H groups in total. The fourth-order valence-corrected chi connectivity index (χ4v) is 6.18. The largest absolute Gasteiger partial charge is 0.618 e. The van der Waals surface area contributed by atoms with Crippen LogP contribution in [0.5, 0.6) is 5.75 Å². The van der Waals surface area contributed by atoms with Crippen LogP contribution in [-0.2, 0) is 19.3 Å². The Morgan fingerprint density at radius 2 is 1.05 bits per heavy atom. The molecule has 37 heavy (non-hydrogen) atoms. The first-order chi connectivity index (χ1) is 18.1. The minimum Gasteiger partial charge on any atom is -0.618 e. The highest BCUT2D eigenvalue weighted by Crippen LogP contribution is 2.32. The molecule has 0 fully saturated rings. The third-order valence-corrected chi connectivity index (χ3v) is 8.58. The number of aromatic nitrogens is 1. The molecule has 210 valence electrons. The molecule has 0 saturated carbocycles. The Morgan fingerprint density at radius 1 is 0.622 bits per heavy atom. The number of unbranched alkanes of at least 4 members (excludes halogenated alkanes) is 15. The summed E-state index contributed by atoms with van der Waals surface area (Å²) in [6.07, 6.45) is 25.6. The standard InChI is InChI=1S/C33H56NO2P/c1-4-7-10-13-16-19-22-27-25-26-30(35)32-31(27)28(23-20-17-14-11-8-5-2)29(33(37)34(32)36)24-21-18-15-12-9-6-3/h25-26,35H,4-24,37H2,1-3H3. The second kappa shape index (κ2) is 18.8. The number of hydrogen-bond acceptors (Lipinski definition) is 2. The van der Waals surface area contributed by atoms with Gasteiger partial charge >= 0.3 is 0 Å². The zero-order chi connectivity index (χ0) is 26.9. The molecule has 0 bridgehead atoms. The summed E-state index contributed by atoms with van der Waals surface area (Å²) < 4.78 is 1.01. The molecule has 0 aliphatic rings. The summed E-state index contributed by atoms with van der Waals surface area (Å²) in [6.45, 7) is 6.78. The van der Waals surface area contributed by atoms with E-state index in [4.69, 9.17) is 0 Å². The molecular formula is C33H56NO2P. The lowest BCUT2D eigenvalue weighted by Crippen LogP contribution is -2.44. The molecule has 0 amide bonds. The average Bonchev–Trinajstić information content (AvgIpc) is 2.90. The van der Waals surface area contributed by atoms with Crippen LogP contribution in [0.4, 0.5) is 0 Å². The van der Waals surface area contributed by atoms with Crippen molar-refractivity contribution in [3.8, 4) is 5.75 Å². The van der Waals surface area contributed by atoms with E-state index >= 15 is 0 Å². The van der Waals surface area contributed by atoms with Gasteiger partial charge in [0.05, 0.1) is 5.39 Å². The molecule has 0 aliphatic heterocycles. The first-order valence-corrected chi connectivity index (χ1v) is 16.3. The van der Waals surface area contributed by atoms with Crippen molar-refractivity contribution in [2.75, 3.05) is 0 Å². The molecule has 0 spiro atoms. The highest BCUT2D eigenvalue weighted by atomic mass is 31.0. The van der Waals surface area contributed by atoms with Crippen molar-refractivity contribution in [2.45, 2.75) is 156 Å². The molecule has 4 heteroatoms. The van der Waals surface area contributed by atoms with Gasteiger partial charge in [0.2, 0.25) is 5.44 Å². The summed E-state index contributed by atoms with van der Waals surface area (Å²) >= 11 is 0. The highest BCUT2D eigenvalue weighted by molar-refractivity contribution is 7.26. The van der Waals surface area contributed by atoms with E-state index in [0.29, 0.717) is 11.0 Å². The maximum Gasteiger partial charge on any atom is 0.266 e. The Kier molecular flexibility index (Phi) is 16.2. The molecule has 1 aromatic heterocycles. The smallest absolute Gasteiger partial charge is 0.266 e. The average molecular weight is 530 g/mol. The summed E-state index contributed by atoms with van der Waals surface area (Å²) in [5, 5.41) is 25.4. The number of rotatable bonds is 21. The molecule has 2 aromatic rings. The first-order valence-electron chi connectivity index (χ1n) is 15.7. The number of phenolic OH excluding ortho intramolecular Hbond substituents is 1. The van der Waals surface area contributed by atoms with Gasteiger partial charge in [0.25, 0.3) is 5.52 Å². The maximum atomic E-state index is 13.5. The van der Waals surface area contributed by atoms with E-state index in [1.165, 1.54) is 113 Å². The zero-order valence-electron chi connectivity index (χ0n) is 24.4. The molecule has 1 unspecified atom stereocenters. The van der Waals surface area contributed by atoms with Gasteiger partial charge in [-0.2, -0.15) is 4.73 Å². The van der Waals surface area contributed by atoms with Gasteiger partial charge in [0.15, 0.2) is 5.75 Å². The zero-order valence-corrected chi connectivity index (χ0v) is 25.5. The van der Waals surface area contributed by atoms with Gasteiger partial charge in [0.1, 0.15) is 0 Å². The lowest BCUT2D eigenvalue weighted by molar-refractivity contribution is -0.557. The van der Waals surface area contributed by atoms with Gasteiger partial charge in [-0.15, -0.1) is 0 Å². The third kappa shape index (κ3) is 10.4. The minimum absolute atomic E-state index is 0.121. The molecular weight excluding hydrogens is 473 g/mol. The van der Waals surface area contributed by atoms with Crippen LogP contribution in [0.15, 0.2) is 12.1 Å². The molecule has 1 atom stereocenters. The van der Waals surface area contributed by atoms with Gasteiger partial charge < -0.3 is 10.3 Å². The Balaban J connectivity index is 2.33. The predicted molar refractivity (Wildman–Crippen MR) is 165 cm³/mol. The number of aryl methyl sites for hydroxylation is 2. The number of nitrogens with zero attached hydrogens (tertiary/aromatic N) is 1. The van der Waals surface area contributed by atoms with Crippen LogP contribution in [0.2, 0.25) is 0 Å². The number of pyridine rings is 1. The number of benzene rings is 1. The van der Waals surface area contributed by atoms with Gasteiger partial charge in [-0.05, 0) is 65.0 Å². The molecule has 3 nitrogen and oxygen atoms in total. The van der Waals surface area contributed by atoms with Crippen LogP contribution in [0.1, 0.15) is 153 Å². The fraction of sp³-hybridized carbons (Fsp3) is 0.727. The Hall–Kier alpha value is -1.34. The molecule has 1 heterocycles. The van der Waals surface area contributed by atoms with Crippen molar-refractivity contribution in [2.24, 2.45) is 0 Å². The van der Waals surface area contributed by atoms with E-state index < -0.39 is 0 Å². The van der Waals surface area contributed by atoms with Crippen molar-refractivity contribution >= 4 is 25.6 Å². The molecule has 0 radical (unpaired) electrons. The van der Waals surface area contributed by atoms with Crippen molar-refractivity contribution in [1.82, 2.24) is 0 Å². The lowest BCUT2D eigenvalue weighted by Gasteiger charge is -2.19. The molecule has 0 aliphatic carbocycles. The van der Waals surface area contributed by atoms with Crippen LogP contribution in [0.3, 0.4) is 0 Å². The van der Waals surface area contributed by atoms with Gasteiger partial charge in [-0.25, -0.2) is 0 Å². The summed E-state index contributed by atoms with van der Waals surface area (Å²) in [4.78, 5) is 0. The van der Waals surface area contributed by atoms with E-state index in [-0.39, 0.29) is 5.75 Å². The van der Waals surface area contributed by atoms with E-state index in [2.05, 4.69) is 36.1 Å². The number of aromatic hydroxyl groups is 1. The summed E-state index contributed by atoms with van der Waals surface area (Å²) in [5.74, 6) is 0.121. The maximum absolute atomic E-state index is 13.5. The van der Waals surface area contributed by atoms with Crippen molar-refractivity contribution in [3.63, 3.8) is 0 Å². The Morgan fingerprint density at radius 3 is 1.57 bits per heavy atom. The van der Waals surface area contributed by atoms with Crippen molar-refractivity contribution in [3.05, 3.63) is 34.0 Å². The second-order valence-electron chi connectivity index (χ2n) is 11.2. The normalized spacial score (nSPS) is 11.6. The predicted octanol–water partition coefficient (Wildman–Crippen LogP) is 9.39. The Labute approximate surface area is 230 Å². The van der Waals surface area contributed by atoms with Crippen LogP contribution >= 0.6 is 9.24 Å². The van der Waals surface area contributed by atoms with Crippen molar-refractivity contribution in [1.29, 1.82) is 0 Å². The first kappa shape index (κ1) is 31.9.